The van der Waals surface area contributed by atoms with Gasteiger partial charge in [-0.25, -0.2) is 4.79 Å². The van der Waals surface area contributed by atoms with Crippen molar-refractivity contribution in [3.8, 4) is 0 Å². The molecule has 0 spiro atoms. The number of aliphatic carboxylic acids is 1. The van der Waals surface area contributed by atoms with Crippen molar-refractivity contribution in [2.75, 3.05) is 6.54 Å². The molecular weight excluding hydrogens is 238 g/mol. The summed E-state index contributed by atoms with van der Waals surface area (Å²) in [6, 6.07) is 1.28. The quantitative estimate of drug-likeness (QED) is 0.673. The Kier molecular flexibility index (Phi) is 3.08. The fourth-order valence-corrected chi connectivity index (χ4v) is 2.32. The normalized spacial score (nSPS) is 24.3. The van der Waals surface area contributed by atoms with Gasteiger partial charge >= 0.3 is 11.7 Å². The van der Waals surface area contributed by atoms with Crippen molar-refractivity contribution < 1.29 is 9.90 Å². The van der Waals surface area contributed by atoms with Crippen molar-refractivity contribution >= 4 is 5.97 Å². The molecule has 1 aromatic rings. The van der Waals surface area contributed by atoms with Crippen molar-refractivity contribution in [2.45, 2.75) is 31.8 Å². The summed E-state index contributed by atoms with van der Waals surface area (Å²) in [7, 11) is 0. The van der Waals surface area contributed by atoms with E-state index in [1.165, 1.54) is 6.07 Å². The highest BCUT2D eigenvalue weighted by Crippen LogP contribution is 2.30. The third-order valence-corrected chi connectivity index (χ3v) is 3.43. The van der Waals surface area contributed by atoms with Gasteiger partial charge in [0.1, 0.15) is 5.54 Å². The number of hydrogen-bond acceptors (Lipinski definition) is 4. The molecule has 1 atom stereocenters. The van der Waals surface area contributed by atoms with E-state index in [2.05, 4.69) is 9.97 Å². The number of aromatic nitrogens is 2. The second kappa shape index (κ2) is 4.41. The van der Waals surface area contributed by atoms with Crippen LogP contribution in [0.25, 0.3) is 0 Å². The zero-order valence-electron chi connectivity index (χ0n) is 10.0. The lowest BCUT2D eigenvalue weighted by atomic mass is 9.99. The molecular formula is C11H15N3O4. The molecule has 18 heavy (non-hydrogen) atoms. The molecule has 0 bridgehead atoms. The maximum absolute atomic E-state index is 11.3. The van der Waals surface area contributed by atoms with Gasteiger partial charge in [-0.2, -0.15) is 0 Å². The summed E-state index contributed by atoms with van der Waals surface area (Å²) in [4.78, 5) is 39.9. The number of carbonyl (C=O) groups is 1. The summed E-state index contributed by atoms with van der Waals surface area (Å²) in [5, 5.41) is 9.25. The number of nitrogens with zero attached hydrogens (tertiary/aromatic N) is 1. The Morgan fingerprint density at radius 3 is 2.83 bits per heavy atom. The van der Waals surface area contributed by atoms with Crippen LogP contribution in [0.5, 0.6) is 0 Å². The van der Waals surface area contributed by atoms with Gasteiger partial charge in [-0.3, -0.25) is 19.5 Å². The molecule has 1 aromatic heterocycles. The highest BCUT2D eigenvalue weighted by Gasteiger charge is 2.43. The Morgan fingerprint density at radius 2 is 2.22 bits per heavy atom. The van der Waals surface area contributed by atoms with E-state index >= 15 is 0 Å². The Morgan fingerprint density at radius 1 is 1.50 bits per heavy atom. The first-order valence-corrected chi connectivity index (χ1v) is 5.73. The highest BCUT2D eigenvalue weighted by molar-refractivity contribution is 5.78. The second-order valence-corrected chi connectivity index (χ2v) is 4.72. The summed E-state index contributed by atoms with van der Waals surface area (Å²) >= 11 is 0. The molecule has 7 nitrogen and oxygen atoms in total. The van der Waals surface area contributed by atoms with Crippen LogP contribution in [-0.4, -0.2) is 38.0 Å². The standard InChI is InChI=1S/C11H15N3O4/c1-11(9(16)17)3-2-4-14(11)6-7-5-8(15)13-10(18)12-7/h5H,2-4,6H2,1H3,(H,16,17)(H2,12,13,15,18)/t11-/m0/s1. The lowest BCUT2D eigenvalue weighted by molar-refractivity contribution is -0.148. The SMILES string of the molecule is C[C@@]1(C(=O)O)CCCN1Cc1cc(=O)[nH]c(=O)[nH]1. The first-order valence-electron chi connectivity index (χ1n) is 5.73. The number of rotatable bonds is 3. The van der Waals surface area contributed by atoms with Crippen molar-refractivity contribution in [2.24, 2.45) is 0 Å². The van der Waals surface area contributed by atoms with Crippen LogP contribution in [0, 0.1) is 0 Å². The number of nitrogens with one attached hydrogen (secondary N) is 2. The Labute approximate surface area is 102 Å². The predicted molar refractivity (Wildman–Crippen MR) is 63.4 cm³/mol. The molecule has 1 fully saturated rings. The van der Waals surface area contributed by atoms with E-state index in [0.29, 0.717) is 18.7 Å². The molecule has 2 heterocycles. The monoisotopic (exact) mass is 253 g/mol. The van der Waals surface area contributed by atoms with E-state index in [9.17, 15) is 19.5 Å². The molecule has 0 aliphatic carbocycles. The molecule has 1 aliphatic heterocycles. The molecule has 3 N–H and O–H groups in total. The van der Waals surface area contributed by atoms with Crippen LogP contribution >= 0.6 is 0 Å². The number of carboxylic acids is 1. The minimum absolute atomic E-state index is 0.252. The highest BCUT2D eigenvalue weighted by atomic mass is 16.4. The number of carboxylic acid groups (broad SMARTS) is 1. The van der Waals surface area contributed by atoms with Gasteiger partial charge < -0.3 is 10.1 Å². The second-order valence-electron chi connectivity index (χ2n) is 4.72. The van der Waals surface area contributed by atoms with Crippen molar-refractivity contribution in [1.82, 2.24) is 14.9 Å². The minimum Gasteiger partial charge on any atom is -0.480 e. The third-order valence-electron chi connectivity index (χ3n) is 3.43. The summed E-state index contributed by atoms with van der Waals surface area (Å²) in [5.74, 6) is -0.882. The first-order chi connectivity index (χ1) is 8.41. The van der Waals surface area contributed by atoms with E-state index in [4.69, 9.17) is 0 Å². The van der Waals surface area contributed by atoms with Gasteiger partial charge in [0.05, 0.1) is 0 Å². The maximum atomic E-state index is 11.3. The third kappa shape index (κ3) is 2.21. The number of likely N-dealkylation sites (tertiary alicyclic amines) is 1. The largest absolute Gasteiger partial charge is 0.480 e. The van der Waals surface area contributed by atoms with Crippen LogP contribution in [0.4, 0.5) is 0 Å². The van der Waals surface area contributed by atoms with Crippen LogP contribution in [0.1, 0.15) is 25.5 Å². The van der Waals surface area contributed by atoms with Crippen LogP contribution < -0.4 is 11.2 Å². The Bertz CT molecular complexity index is 548. The van der Waals surface area contributed by atoms with Gasteiger partial charge in [-0.05, 0) is 26.3 Å². The fourth-order valence-electron chi connectivity index (χ4n) is 2.32. The van der Waals surface area contributed by atoms with Gasteiger partial charge in [0.25, 0.3) is 5.56 Å². The first kappa shape index (κ1) is 12.6. The van der Waals surface area contributed by atoms with Gasteiger partial charge in [0.15, 0.2) is 0 Å². The van der Waals surface area contributed by atoms with Gasteiger partial charge in [-0.1, -0.05) is 0 Å². The average Bonchev–Trinajstić information content (AvgIpc) is 2.60. The molecule has 0 amide bonds. The minimum atomic E-state index is -0.931. The van der Waals surface area contributed by atoms with Crippen LogP contribution in [0.15, 0.2) is 15.7 Å². The molecule has 98 valence electrons. The summed E-state index contributed by atoms with van der Waals surface area (Å²) < 4.78 is 0. The number of aromatic amines is 2. The summed E-state index contributed by atoms with van der Waals surface area (Å²) in [5.41, 5.74) is -1.56. The van der Waals surface area contributed by atoms with Gasteiger partial charge in [-0.15, -0.1) is 0 Å². The van der Waals surface area contributed by atoms with Crippen molar-refractivity contribution in [3.05, 3.63) is 32.6 Å². The van der Waals surface area contributed by atoms with Gasteiger partial charge in [0.2, 0.25) is 0 Å². The Balaban J connectivity index is 2.26. The topological polar surface area (TPSA) is 106 Å². The molecule has 0 radical (unpaired) electrons. The van der Waals surface area contributed by atoms with E-state index < -0.39 is 22.8 Å². The van der Waals surface area contributed by atoms with Crippen LogP contribution in [0.2, 0.25) is 0 Å². The lowest BCUT2D eigenvalue weighted by Crippen LogP contribution is -2.47. The number of H-pyrrole nitrogens is 2. The maximum Gasteiger partial charge on any atom is 0.325 e. The molecule has 1 aliphatic rings. The molecule has 7 heteroatoms. The molecule has 0 saturated carbocycles. The van der Waals surface area contributed by atoms with E-state index in [1.54, 1.807) is 11.8 Å². The van der Waals surface area contributed by atoms with Crippen LogP contribution in [0.3, 0.4) is 0 Å². The molecule has 1 saturated heterocycles. The molecule has 2 rings (SSSR count). The van der Waals surface area contributed by atoms with Gasteiger partial charge in [0, 0.05) is 18.3 Å². The van der Waals surface area contributed by atoms with Crippen molar-refractivity contribution in [1.29, 1.82) is 0 Å². The van der Waals surface area contributed by atoms with E-state index in [-0.39, 0.29) is 6.54 Å². The van der Waals surface area contributed by atoms with E-state index in [1.807, 2.05) is 0 Å². The molecule has 0 aromatic carbocycles. The van der Waals surface area contributed by atoms with Crippen LogP contribution in [-0.2, 0) is 11.3 Å². The predicted octanol–water partition coefficient (Wildman–Crippen LogP) is -0.498. The van der Waals surface area contributed by atoms with E-state index in [0.717, 1.165) is 6.42 Å². The van der Waals surface area contributed by atoms with Crippen molar-refractivity contribution in [3.63, 3.8) is 0 Å². The Hall–Kier alpha value is -1.89. The fraction of sp³-hybridized carbons (Fsp3) is 0.545. The summed E-state index contributed by atoms with van der Waals surface area (Å²) in [6.45, 7) is 2.55. The average molecular weight is 253 g/mol. The lowest BCUT2D eigenvalue weighted by Gasteiger charge is -2.30. The molecule has 0 unspecified atom stereocenters. The smallest absolute Gasteiger partial charge is 0.325 e. The zero-order chi connectivity index (χ0) is 13.3. The zero-order valence-corrected chi connectivity index (χ0v) is 10.0. The number of hydrogen-bond donors (Lipinski definition) is 3. The summed E-state index contributed by atoms with van der Waals surface area (Å²) in [6.07, 6.45) is 1.35.